The van der Waals surface area contributed by atoms with E-state index in [4.69, 9.17) is 14.3 Å². The molecule has 82 valence electrons. The van der Waals surface area contributed by atoms with Crippen molar-refractivity contribution in [2.75, 3.05) is 0 Å². The first kappa shape index (κ1) is 10.7. The zero-order valence-corrected chi connectivity index (χ0v) is 9.47. The van der Waals surface area contributed by atoms with Crippen LogP contribution < -0.4 is 4.74 Å². The number of oxazole rings is 1. The molecule has 0 spiro atoms. The van der Waals surface area contributed by atoms with Gasteiger partial charge >= 0.3 is 12.0 Å². The summed E-state index contributed by atoms with van der Waals surface area (Å²) in [6, 6.07) is 7.10. The number of aromatic carboxylic acids is 1. The Labute approximate surface area is 98.8 Å². The van der Waals surface area contributed by atoms with Gasteiger partial charge < -0.3 is 14.3 Å². The van der Waals surface area contributed by atoms with Crippen molar-refractivity contribution < 1.29 is 19.1 Å². The molecule has 0 radical (unpaired) electrons. The van der Waals surface area contributed by atoms with Gasteiger partial charge in [-0.25, -0.2) is 4.79 Å². The van der Waals surface area contributed by atoms with Gasteiger partial charge in [-0.1, -0.05) is 12.1 Å². The van der Waals surface area contributed by atoms with Crippen LogP contribution in [0, 0.1) is 0 Å². The van der Waals surface area contributed by atoms with Gasteiger partial charge in [-0.3, -0.25) is 0 Å². The van der Waals surface area contributed by atoms with Crippen molar-refractivity contribution in [3.8, 4) is 11.8 Å². The van der Waals surface area contributed by atoms with Crippen molar-refractivity contribution in [3.05, 3.63) is 40.7 Å². The molecule has 1 heterocycles. The molecule has 1 N–H and O–H groups in total. The predicted octanol–water partition coefficient (Wildman–Crippen LogP) is 2.93. The Hall–Kier alpha value is -1.82. The van der Waals surface area contributed by atoms with Crippen LogP contribution in [0.1, 0.15) is 10.5 Å². The number of hydrogen-bond acceptors (Lipinski definition) is 4. The summed E-state index contributed by atoms with van der Waals surface area (Å²) in [6.45, 7) is 0. The molecule has 0 aliphatic carbocycles. The van der Waals surface area contributed by atoms with Crippen molar-refractivity contribution in [2.24, 2.45) is 0 Å². The molecule has 0 amide bonds. The molecule has 1 aromatic heterocycles. The molecular formula is C10H6BrNO4. The maximum absolute atomic E-state index is 10.5. The number of aromatic nitrogens is 1. The highest BCUT2D eigenvalue weighted by atomic mass is 79.9. The van der Waals surface area contributed by atoms with Crippen LogP contribution in [0.2, 0.25) is 0 Å². The van der Waals surface area contributed by atoms with Crippen LogP contribution in [0.25, 0.3) is 0 Å². The quantitative estimate of drug-likeness (QED) is 0.938. The lowest BCUT2D eigenvalue weighted by Gasteiger charge is -2.01. The van der Waals surface area contributed by atoms with E-state index in [9.17, 15) is 4.79 Å². The number of carboxylic acids is 1. The van der Waals surface area contributed by atoms with Crippen LogP contribution in [0.5, 0.6) is 11.8 Å². The van der Waals surface area contributed by atoms with Gasteiger partial charge in [0.15, 0.2) is 5.69 Å². The number of para-hydroxylation sites is 1. The van der Waals surface area contributed by atoms with E-state index < -0.39 is 5.97 Å². The fourth-order valence-electron chi connectivity index (χ4n) is 1.02. The van der Waals surface area contributed by atoms with Crippen LogP contribution in [-0.2, 0) is 0 Å². The Bertz CT molecular complexity index is 523. The molecule has 1 aromatic carbocycles. The minimum Gasteiger partial charge on any atom is -0.476 e. The Morgan fingerprint density at radius 3 is 2.81 bits per heavy atom. The monoisotopic (exact) mass is 283 g/mol. The van der Waals surface area contributed by atoms with Gasteiger partial charge in [0.05, 0.1) is 4.47 Å². The number of rotatable bonds is 3. The topological polar surface area (TPSA) is 72.6 Å². The summed E-state index contributed by atoms with van der Waals surface area (Å²) in [7, 11) is 0. The minimum absolute atomic E-state index is 0.107. The van der Waals surface area contributed by atoms with Gasteiger partial charge in [0.1, 0.15) is 12.0 Å². The van der Waals surface area contributed by atoms with Gasteiger partial charge in [-0.15, -0.1) is 0 Å². The second-order valence-corrected chi connectivity index (χ2v) is 3.69. The molecule has 2 rings (SSSR count). The van der Waals surface area contributed by atoms with Crippen LogP contribution in [-0.4, -0.2) is 16.1 Å². The molecule has 0 saturated carbocycles. The molecular weight excluding hydrogens is 278 g/mol. The largest absolute Gasteiger partial charge is 0.476 e. The molecule has 5 nitrogen and oxygen atoms in total. The number of carbonyl (C=O) groups is 1. The number of ether oxygens (including phenoxy) is 1. The summed E-state index contributed by atoms with van der Waals surface area (Å²) in [6.07, 6.45) is 0.915. The normalized spacial score (nSPS) is 10.1. The first-order valence-electron chi connectivity index (χ1n) is 4.28. The fourth-order valence-corrected chi connectivity index (χ4v) is 1.39. The van der Waals surface area contributed by atoms with Crippen molar-refractivity contribution in [2.45, 2.75) is 0 Å². The highest BCUT2D eigenvalue weighted by Crippen LogP contribution is 2.28. The molecule has 0 bridgehead atoms. The van der Waals surface area contributed by atoms with Gasteiger partial charge in [-0.2, -0.15) is 4.98 Å². The standard InChI is InChI=1S/C10H6BrNO4/c11-6-3-1-2-4-8(6)16-10-12-7(5-15-10)9(13)14/h1-5H,(H,13,14). The molecule has 0 saturated heterocycles. The lowest BCUT2D eigenvalue weighted by Crippen LogP contribution is -1.95. The van der Waals surface area contributed by atoms with E-state index in [1.807, 2.05) is 6.07 Å². The maximum atomic E-state index is 10.5. The number of hydrogen-bond donors (Lipinski definition) is 1. The summed E-state index contributed by atoms with van der Waals surface area (Å²) < 4.78 is 10.8. The van der Waals surface area contributed by atoms with Crippen LogP contribution in [0.3, 0.4) is 0 Å². The number of benzene rings is 1. The SMILES string of the molecule is O=C(O)c1coc(Oc2ccccc2Br)n1. The third kappa shape index (κ3) is 2.22. The Morgan fingerprint density at radius 1 is 1.44 bits per heavy atom. The van der Waals surface area contributed by atoms with E-state index in [-0.39, 0.29) is 11.8 Å². The lowest BCUT2D eigenvalue weighted by molar-refractivity contribution is 0.0690. The van der Waals surface area contributed by atoms with Crippen molar-refractivity contribution in [1.82, 2.24) is 4.98 Å². The highest BCUT2D eigenvalue weighted by Gasteiger charge is 2.12. The molecule has 2 aromatic rings. The Kier molecular flexibility index (Phi) is 2.91. The van der Waals surface area contributed by atoms with E-state index in [0.717, 1.165) is 10.7 Å². The first-order valence-corrected chi connectivity index (χ1v) is 5.07. The molecule has 16 heavy (non-hydrogen) atoms. The first-order chi connectivity index (χ1) is 7.66. The smallest absolute Gasteiger partial charge is 0.399 e. The van der Waals surface area contributed by atoms with E-state index in [1.165, 1.54) is 0 Å². The summed E-state index contributed by atoms with van der Waals surface area (Å²) in [5.41, 5.74) is -0.193. The molecule has 0 fully saturated rings. The molecule has 6 heteroatoms. The van der Waals surface area contributed by atoms with Crippen molar-refractivity contribution >= 4 is 21.9 Å². The highest BCUT2D eigenvalue weighted by molar-refractivity contribution is 9.10. The van der Waals surface area contributed by atoms with Crippen LogP contribution in [0.15, 0.2) is 39.4 Å². The molecule has 0 aliphatic heterocycles. The molecule has 0 unspecified atom stereocenters. The second kappa shape index (κ2) is 4.36. The summed E-state index contributed by atoms with van der Waals surface area (Å²) in [4.78, 5) is 14.2. The van der Waals surface area contributed by atoms with E-state index >= 15 is 0 Å². The molecule has 0 aliphatic rings. The van der Waals surface area contributed by atoms with Crippen molar-refractivity contribution in [3.63, 3.8) is 0 Å². The number of carboxylic acid groups (broad SMARTS) is 1. The lowest BCUT2D eigenvalue weighted by atomic mass is 10.3. The summed E-state index contributed by atoms with van der Waals surface area (Å²) in [5, 5.41) is 8.63. The summed E-state index contributed by atoms with van der Waals surface area (Å²) in [5.74, 6) is -0.660. The minimum atomic E-state index is -1.16. The van der Waals surface area contributed by atoms with Crippen molar-refractivity contribution in [1.29, 1.82) is 0 Å². The number of halogens is 1. The van der Waals surface area contributed by atoms with Crippen LogP contribution in [0.4, 0.5) is 0 Å². The van der Waals surface area contributed by atoms with Gasteiger partial charge in [0.25, 0.3) is 0 Å². The maximum Gasteiger partial charge on any atom is 0.399 e. The average molecular weight is 284 g/mol. The molecule has 0 atom stereocenters. The Balaban J connectivity index is 2.21. The number of nitrogens with zero attached hydrogens (tertiary/aromatic N) is 1. The fraction of sp³-hybridized carbons (Fsp3) is 0. The van der Waals surface area contributed by atoms with Gasteiger partial charge in [-0.05, 0) is 28.1 Å². The average Bonchev–Trinajstić information content (AvgIpc) is 2.70. The zero-order valence-electron chi connectivity index (χ0n) is 7.88. The van der Waals surface area contributed by atoms with E-state index in [1.54, 1.807) is 18.2 Å². The predicted molar refractivity (Wildman–Crippen MR) is 57.7 cm³/mol. The summed E-state index contributed by atoms with van der Waals surface area (Å²) >= 11 is 3.28. The second-order valence-electron chi connectivity index (χ2n) is 2.84. The third-order valence-electron chi connectivity index (χ3n) is 1.74. The van der Waals surface area contributed by atoms with Gasteiger partial charge in [0.2, 0.25) is 0 Å². The third-order valence-corrected chi connectivity index (χ3v) is 2.39. The van der Waals surface area contributed by atoms with Crippen LogP contribution >= 0.6 is 15.9 Å². The van der Waals surface area contributed by atoms with Gasteiger partial charge in [0, 0.05) is 0 Å². The van der Waals surface area contributed by atoms with E-state index in [0.29, 0.717) is 5.75 Å². The van der Waals surface area contributed by atoms with E-state index in [2.05, 4.69) is 20.9 Å². The Morgan fingerprint density at radius 2 is 2.19 bits per heavy atom. The zero-order chi connectivity index (χ0) is 11.5.